The Hall–Kier alpha value is -5.72. The molecule has 246 valence electrons. The smallest absolute Gasteiger partial charge is 0.337 e. The van der Waals surface area contributed by atoms with Gasteiger partial charge in [-0.2, -0.15) is 0 Å². The van der Waals surface area contributed by atoms with Gasteiger partial charge in [-0.1, -0.05) is 19.4 Å². The molecule has 2 unspecified atom stereocenters. The molecule has 0 spiro atoms. The van der Waals surface area contributed by atoms with Crippen LogP contribution in [-0.2, 0) is 25.5 Å². The fourth-order valence-corrected chi connectivity index (χ4v) is 7.05. The van der Waals surface area contributed by atoms with Crippen LogP contribution < -0.4 is 10.2 Å². The van der Waals surface area contributed by atoms with Gasteiger partial charge in [0.25, 0.3) is 5.91 Å². The minimum absolute atomic E-state index is 0.0158. The number of carbonyl (C=O) groups excluding carboxylic acids is 5. The summed E-state index contributed by atoms with van der Waals surface area (Å²) in [5.41, 5.74) is -5.19. The lowest BCUT2D eigenvalue weighted by Crippen LogP contribution is -2.61. The lowest BCUT2D eigenvalue weighted by Gasteiger charge is -2.42. The van der Waals surface area contributed by atoms with Gasteiger partial charge in [-0.05, 0) is 49.4 Å². The second-order valence-electron chi connectivity index (χ2n) is 12.6. The molecule has 4 aromatic rings. The van der Waals surface area contributed by atoms with Crippen molar-refractivity contribution in [1.29, 1.82) is 0 Å². The van der Waals surface area contributed by atoms with E-state index in [1.165, 1.54) is 32.2 Å². The van der Waals surface area contributed by atoms with Crippen molar-refractivity contribution in [2.24, 2.45) is 0 Å². The van der Waals surface area contributed by atoms with Crippen LogP contribution in [0.4, 0.5) is 0 Å². The zero-order chi connectivity index (χ0) is 34.4. The van der Waals surface area contributed by atoms with Crippen LogP contribution in [0.1, 0.15) is 88.0 Å². The lowest BCUT2D eigenvalue weighted by molar-refractivity contribution is -0.153. The van der Waals surface area contributed by atoms with E-state index in [4.69, 9.17) is 18.6 Å². The van der Waals surface area contributed by atoms with Gasteiger partial charge in [0.05, 0.1) is 18.1 Å². The van der Waals surface area contributed by atoms with Gasteiger partial charge >= 0.3 is 11.9 Å². The Morgan fingerprint density at radius 2 is 1.75 bits per heavy atom. The summed E-state index contributed by atoms with van der Waals surface area (Å²) in [6.07, 6.45) is 1.43. The van der Waals surface area contributed by atoms with E-state index in [1.807, 2.05) is 6.92 Å². The number of fused-ring (bicyclic) bond motifs is 7. The zero-order valence-corrected chi connectivity index (χ0v) is 26.3. The van der Waals surface area contributed by atoms with E-state index in [0.717, 1.165) is 17.4 Å². The maximum absolute atomic E-state index is 14.3. The minimum Gasteiger partial charge on any atom is -0.506 e. The normalized spacial score (nSPS) is 21.1. The first-order chi connectivity index (χ1) is 22.8. The molecule has 3 heterocycles. The molecule has 3 aliphatic rings. The molecule has 1 saturated heterocycles. The highest BCUT2D eigenvalue weighted by Crippen LogP contribution is 2.48. The first-order valence-electron chi connectivity index (χ1n) is 15.3. The molecule has 1 amide bonds. The number of methoxy groups -OCH3 is 1. The van der Waals surface area contributed by atoms with E-state index in [9.17, 15) is 39.0 Å². The largest absolute Gasteiger partial charge is 0.506 e. The third-order valence-corrected chi connectivity index (χ3v) is 9.36. The summed E-state index contributed by atoms with van der Waals surface area (Å²) >= 11 is 0. The van der Waals surface area contributed by atoms with E-state index >= 15 is 0 Å². The Labute approximate surface area is 271 Å². The number of nitrogens with zero attached hydrogens (tertiary/aromatic N) is 1. The number of hydrogen-bond acceptors (Lipinski definition) is 12. The molecule has 2 aliphatic heterocycles. The van der Waals surface area contributed by atoms with Crippen molar-refractivity contribution in [3.05, 3.63) is 74.1 Å². The quantitative estimate of drug-likeness (QED) is 0.252. The van der Waals surface area contributed by atoms with Crippen molar-refractivity contribution in [2.45, 2.75) is 57.7 Å². The van der Waals surface area contributed by atoms with Crippen LogP contribution in [0.5, 0.6) is 17.2 Å². The standard InChI is InChI=1S/C35H29NO12/c1-5-6-7-22(38)46-14-34(2)33(44)48-35(3)13-16-10-15-8-9-17-25(23(15)29(41)24(16)32(43)36(34)35)30(42)26-27(39)18-11-19(37)21(45-4)12-20(18)47-31(26)28(17)40/h8-12,37,41H,5-7,13-14H2,1-4H3. The first kappa shape index (κ1) is 30.9. The number of phenols is 2. The summed E-state index contributed by atoms with van der Waals surface area (Å²) in [7, 11) is 1.29. The summed E-state index contributed by atoms with van der Waals surface area (Å²) in [5, 5.41) is 22.0. The molecule has 0 radical (unpaired) electrons. The number of aromatic hydroxyl groups is 2. The van der Waals surface area contributed by atoms with E-state index in [2.05, 4.69) is 0 Å². The molecule has 7 rings (SSSR count). The molecule has 1 aliphatic carbocycles. The fraction of sp³-hybridized carbons (Fsp3) is 0.314. The number of benzene rings is 3. The average Bonchev–Trinajstić information content (AvgIpc) is 3.25. The van der Waals surface area contributed by atoms with Gasteiger partial charge in [0.15, 0.2) is 28.5 Å². The summed E-state index contributed by atoms with van der Waals surface area (Å²) < 4.78 is 21.9. The van der Waals surface area contributed by atoms with E-state index in [-0.39, 0.29) is 62.8 Å². The summed E-state index contributed by atoms with van der Waals surface area (Å²) in [4.78, 5) is 82.5. The molecular weight excluding hydrogens is 626 g/mol. The molecule has 13 heteroatoms. The predicted octanol–water partition coefficient (Wildman–Crippen LogP) is 3.90. The first-order valence-corrected chi connectivity index (χ1v) is 15.3. The molecular formula is C35H29NO12. The highest BCUT2D eigenvalue weighted by molar-refractivity contribution is 6.32. The second-order valence-corrected chi connectivity index (χ2v) is 12.6. The minimum atomic E-state index is -1.73. The molecule has 0 saturated carbocycles. The SMILES string of the molecule is CCCCC(=O)OCC1(C)C(=O)OC2(C)Cc3cc4ccc5c(c4c(O)c3C(=O)N21)C(=O)c1c(oc2cc(OC)c(O)cc2c1=O)C5=O. The topological polar surface area (TPSA) is 187 Å². The molecule has 1 aromatic heterocycles. The van der Waals surface area contributed by atoms with Gasteiger partial charge in [0.1, 0.15) is 23.5 Å². The van der Waals surface area contributed by atoms with E-state index in [1.54, 1.807) is 13.0 Å². The number of hydrogen-bond donors (Lipinski definition) is 2. The van der Waals surface area contributed by atoms with Crippen LogP contribution in [0.25, 0.3) is 21.7 Å². The lowest BCUT2D eigenvalue weighted by atomic mass is 9.80. The summed E-state index contributed by atoms with van der Waals surface area (Å²) in [6, 6.07) is 6.71. The van der Waals surface area contributed by atoms with Crippen molar-refractivity contribution >= 4 is 51.2 Å². The highest BCUT2D eigenvalue weighted by Gasteiger charge is 2.64. The molecule has 0 bridgehead atoms. The maximum Gasteiger partial charge on any atom is 0.337 e. The number of carbonyl (C=O) groups is 5. The van der Waals surface area contributed by atoms with Crippen LogP contribution in [0.3, 0.4) is 0 Å². The molecule has 2 N–H and O–H groups in total. The van der Waals surface area contributed by atoms with Crippen molar-refractivity contribution in [3.8, 4) is 17.2 Å². The number of ketones is 2. The van der Waals surface area contributed by atoms with E-state index < -0.39 is 69.8 Å². The highest BCUT2D eigenvalue weighted by atomic mass is 16.6. The van der Waals surface area contributed by atoms with E-state index in [0.29, 0.717) is 12.0 Å². The van der Waals surface area contributed by atoms with Gasteiger partial charge < -0.3 is 28.8 Å². The van der Waals surface area contributed by atoms with Crippen LogP contribution in [0, 0.1) is 0 Å². The Kier molecular flexibility index (Phi) is 6.69. The van der Waals surface area contributed by atoms with Crippen LogP contribution in [-0.4, -0.2) is 69.5 Å². The van der Waals surface area contributed by atoms with Gasteiger partial charge in [0, 0.05) is 35.4 Å². The molecule has 3 aromatic carbocycles. The van der Waals surface area contributed by atoms with Gasteiger partial charge in [-0.3, -0.25) is 28.9 Å². The number of amides is 1. The summed E-state index contributed by atoms with van der Waals surface area (Å²) in [5.74, 6) is -5.45. The fourth-order valence-electron chi connectivity index (χ4n) is 7.05. The van der Waals surface area contributed by atoms with Gasteiger partial charge in [-0.25, -0.2) is 4.79 Å². The van der Waals surface area contributed by atoms with Crippen LogP contribution >= 0.6 is 0 Å². The number of unbranched alkanes of at least 4 members (excludes halogenated alkanes) is 1. The van der Waals surface area contributed by atoms with Gasteiger partial charge in [0.2, 0.25) is 17.0 Å². The third kappa shape index (κ3) is 4.09. The average molecular weight is 656 g/mol. The number of esters is 2. The Bertz CT molecular complexity index is 2250. The third-order valence-electron chi connectivity index (χ3n) is 9.36. The molecule has 2 atom stereocenters. The number of ether oxygens (including phenoxy) is 3. The van der Waals surface area contributed by atoms with Crippen LogP contribution in [0.2, 0.25) is 0 Å². The van der Waals surface area contributed by atoms with Crippen LogP contribution in [0.15, 0.2) is 39.5 Å². The number of phenolic OH excluding ortho intramolecular Hbond substituents is 2. The zero-order valence-electron chi connectivity index (χ0n) is 26.3. The Morgan fingerprint density at radius 1 is 1.00 bits per heavy atom. The van der Waals surface area contributed by atoms with Crippen molar-refractivity contribution in [3.63, 3.8) is 0 Å². The van der Waals surface area contributed by atoms with Crippen molar-refractivity contribution in [2.75, 3.05) is 13.7 Å². The predicted molar refractivity (Wildman–Crippen MR) is 166 cm³/mol. The van der Waals surface area contributed by atoms with Crippen molar-refractivity contribution < 1.29 is 52.8 Å². The molecule has 13 nitrogen and oxygen atoms in total. The number of rotatable bonds is 6. The van der Waals surface area contributed by atoms with Gasteiger partial charge in [-0.15, -0.1) is 0 Å². The Morgan fingerprint density at radius 3 is 2.46 bits per heavy atom. The maximum atomic E-state index is 14.3. The summed E-state index contributed by atoms with van der Waals surface area (Å²) in [6.45, 7) is 4.38. The van der Waals surface area contributed by atoms with Crippen molar-refractivity contribution in [1.82, 2.24) is 4.90 Å². The second kappa shape index (κ2) is 10.4. The Balaban J connectivity index is 1.38. The monoisotopic (exact) mass is 655 g/mol. The molecule has 1 fully saturated rings. The molecule has 48 heavy (non-hydrogen) atoms.